The number of unbranched alkanes of at least 4 members (excludes halogenated alkanes) is 7. The van der Waals surface area contributed by atoms with Crippen LogP contribution in [0, 0.1) is 0 Å². The fraction of sp³-hybridized carbons (Fsp3) is 0.565. The van der Waals surface area contributed by atoms with Gasteiger partial charge in [-0.3, -0.25) is 4.52 Å². The van der Waals surface area contributed by atoms with Crippen molar-refractivity contribution in [1.29, 1.82) is 0 Å². The van der Waals surface area contributed by atoms with Gasteiger partial charge in [0.2, 0.25) is 0 Å². The van der Waals surface area contributed by atoms with E-state index in [0.29, 0.717) is 18.5 Å². The second-order valence-corrected chi connectivity index (χ2v) is 9.32. The van der Waals surface area contributed by atoms with Crippen LogP contribution in [0.2, 0.25) is 0 Å². The molecule has 0 aliphatic rings. The summed E-state index contributed by atoms with van der Waals surface area (Å²) in [4.78, 5) is 0. The summed E-state index contributed by atoms with van der Waals surface area (Å²) in [6.45, 7) is 4.84. The van der Waals surface area contributed by atoms with E-state index in [9.17, 15) is 4.57 Å². The van der Waals surface area contributed by atoms with Crippen LogP contribution in [-0.2, 0) is 9.09 Å². The number of rotatable bonds is 14. The predicted octanol–water partition coefficient (Wildman–Crippen LogP) is 7.98. The van der Waals surface area contributed by atoms with Gasteiger partial charge in [0, 0.05) is 5.39 Å². The van der Waals surface area contributed by atoms with Crippen LogP contribution in [0.4, 0.5) is 0 Å². The van der Waals surface area contributed by atoms with Crippen LogP contribution in [-0.4, -0.2) is 12.8 Å². The number of hydrogen-bond donors (Lipinski definition) is 0. The van der Waals surface area contributed by atoms with E-state index in [1.165, 1.54) is 32.1 Å². The van der Waals surface area contributed by atoms with Gasteiger partial charge in [0.15, 0.2) is 0 Å². The largest absolute Gasteiger partial charge is 0.424 e. The summed E-state index contributed by atoms with van der Waals surface area (Å²) in [6, 6.07) is 13.9. The first-order chi connectivity index (χ1) is 13.2. The molecule has 1 atom stereocenters. The number of fused-ring (bicyclic) bond motifs is 1. The fourth-order valence-corrected chi connectivity index (χ4v) is 5.02. The Hall–Kier alpha value is -1.31. The molecule has 2 aromatic carbocycles. The van der Waals surface area contributed by atoms with Crippen molar-refractivity contribution >= 4 is 18.4 Å². The average molecular weight is 391 g/mol. The summed E-state index contributed by atoms with van der Waals surface area (Å²) in [7, 11) is -3.13. The Morgan fingerprint density at radius 3 is 2.22 bits per heavy atom. The van der Waals surface area contributed by atoms with Gasteiger partial charge < -0.3 is 4.52 Å². The standard InChI is InChI=1S/C23H35O3P/c1-3-5-7-8-9-10-13-19-25-27(24,20-6-4-2)26-23-18-14-16-21-15-11-12-17-22(21)23/h11-12,14-18H,3-10,13,19-20H2,1-2H3. The van der Waals surface area contributed by atoms with Crippen molar-refractivity contribution in [3.63, 3.8) is 0 Å². The molecule has 0 amide bonds. The maximum absolute atomic E-state index is 13.3. The SMILES string of the molecule is CCCCCCCCCOP(=O)(CCCC)Oc1cccc2ccccc12. The zero-order chi connectivity index (χ0) is 19.4. The molecule has 0 N–H and O–H groups in total. The van der Waals surface area contributed by atoms with E-state index >= 15 is 0 Å². The van der Waals surface area contributed by atoms with Crippen molar-refractivity contribution in [2.75, 3.05) is 12.8 Å². The quantitative estimate of drug-likeness (QED) is 0.242. The van der Waals surface area contributed by atoms with Crippen molar-refractivity contribution < 1.29 is 13.6 Å². The smallest absolute Gasteiger partial charge is 0.379 e. The highest BCUT2D eigenvalue weighted by molar-refractivity contribution is 7.54. The Labute approximate surface area is 165 Å². The van der Waals surface area contributed by atoms with Crippen molar-refractivity contribution in [2.45, 2.75) is 71.6 Å². The lowest BCUT2D eigenvalue weighted by molar-refractivity contribution is 0.257. The molecule has 2 rings (SSSR count). The lowest BCUT2D eigenvalue weighted by atomic mass is 10.1. The van der Waals surface area contributed by atoms with E-state index in [2.05, 4.69) is 13.8 Å². The van der Waals surface area contributed by atoms with Crippen LogP contribution < -0.4 is 4.52 Å². The van der Waals surface area contributed by atoms with Crippen molar-refractivity contribution in [2.24, 2.45) is 0 Å². The molecule has 1 unspecified atom stereocenters. The van der Waals surface area contributed by atoms with Gasteiger partial charge >= 0.3 is 7.60 Å². The first-order valence-electron chi connectivity index (χ1n) is 10.6. The maximum atomic E-state index is 13.3. The van der Waals surface area contributed by atoms with Gasteiger partial charge in [-0.15, -0.1) is 0 Å². The highest BCUT2D eigenvalue weighted by atomic mass is 31.2. The number of benzene rings is 2. The number of hydrogen-bond acceptors (Lipinski definition) is 3. The summed E-state index contributed by atoms with van der Waals surface area (Å²) >= 11 is 0. The summed E-state index contributed by atoms with van der Waals surface area (Å²) in [5.74, 6) is 0.659. The summed E-state index contributed by atoms with van der Waals surface area (Å²) in [5.41, 5.74) is 0. The summed E-state index contributed by atoms with van der Waals surface area (Å²) < 4.78 is 25.2. The molecular formula is C23H35O3P. The predicted molar refractivity (Wildman–Crippen MR) is 116 cm³/mol. The van der Waals surface area contributed by atoms with Gasteiger partial charge in [0.1, 0.15) is 5.75 Å². The van der Waals surface area contributed by atoms with Crippen LogP contribution in [0.5, 0.6) is 5.75 Å². The molecule has 3 nitrogen and oxygen atoms in total. The molecule has 27 heavy (non-hydrogen) atoms. The second-order valence-electron chi connectivity index (χ2n) is 7.21. The molecule has 0 radical (unpaired) electrons. The van der Waals surface area contributed by atoms with E-state index in [4.69, 9.17) is 9.05 Å². The first kappa shape index (κ1) is 22.0. The minimum atomic E-state index is -3.13. The normalized spacial score (nSPS) is 13.6. The third-order valence-corrected chi connectivity index (χ3v) is 6.72. The van der Waals surface area contributed by atoms with Crippen LogP contribution in [0.3, 0.4) is 0 Å². The van der Waals surface area contributed by atoms with Crippen molar-refractivity contribution in [3.05, 3.63) is 42.5 Å². The monoisotopic (exact) mass is 390 g/mol. The zero-order valence-corrected chi connectivity index (χ0v) is 17.9. The van der Waals surface area contributed by atoms with Gasteiger partial charge in [0.05, 0.1) is 12.8 Å². The fourth-order valence-electron chi connectivity index (χ4n) is 3.18. The third kappa shape index (κ3) is 7.68. The van der Waals surface area contributed by atoms with Gasteiger partial charge in [-0.05, 0) is 24.3 Å². The lowest BCUT2D eigenvalue weighted by Crippen LogP contribution is -2.04. The van der Waals surface area contributed by atoms with E-state index in [-0.39, 0.29) is 0 Å². The Kier molecular flexibility index (Phi) is 9.94. The van der Waals surface area contributed by atoms with Gasteiger partial charge in [-0.1, -0.05) is 95.2 Å². The Morgan fingerprint density at radius 2 is 1.44 bits per heavy atom. The molecule has 0 aliphatic carbocycles. The average Bonchev–Trinajstić information content (AvgIpc) is 2.69. The lowest BCUT2D eigenvalue weighted by Gasteiger charge is -2.20. The molecule has 0 fully saturated rings. The molecule has 0 aliphatic heterocycles. The Morgan fingerprint density at radius 1 is 0.778 bits per heavy atom. The second kappa shape index (κ2) is 12.2. The molecule has 4 heteroatoms. The highest BCUT2D eigenvalue weighted by Crippen LogP contribution is 2.50. The van der Waals surface area contributed by atoms with Crippen LogP contribution in [0.1, 0.15) is 71.6 Å². The topological polar surface area (TPSA) is 35.5 Å². The molecular weight excluding hydrogens is 355 g/mol. The van der Waals surface area contributed by atoms with Crippen LogP contribution >= 0.6 is 7.60 Å². The molecule has 150 valence electrons. The third-order valence-electron chi connectivity index (χ3n) is 4.81. The molecule has 2 aromatic rings. The first-order valence-corrected chi connectivity index (χ1v) is 12.3. The van der Waals surface area contributed by atoms with E-state index in [0.717, 1.165) is 36.5 Å². The summed E-state index contributed by atoms with van der Waals surface area (Å²) in [6.07, 6.45) is 10.8. The molecule has 0 saturated carbocycles. The molecule has 0 spiro atoms. The zero-order valence-electron chi connectivity index (χ0n) is 17.0. The van der Waals surface area contributed by atoms with E-state index in [1.807, 2.05) is 42.5 Å². The van der Waals surface area contributed by atoms with Crippen molar-refractivity contribution in [3.8, 4) is 5.75 Å². The Bertz CT molecular complexity index is 708. The molecule has 0 heterocycles. The minimum Gasteiger partial charge on any atom is -0.424 e. The molecule has 0 bridgehead atoms. The van der Waals surface area contributed by atoms with E-state index < -0.39 is 7.60 Å². The van der Waals surface area contributed by atoms with Crippen LogP contribution in [0.15, 0.2) is 42.5 Å². The summed E-state index contributed by atoms with van der Waals surface area (Å²) in [5, 5.41) is 2.07. The van der Waals surface area contributed by atoms with E-state index in [1.54, 1.807) is 0 Å². The molecule has 0 saturated heterocycles. The van der Waals surface area contributed by atoms with Crippen molar-refractivity contribution in [1.82, 2.24) is 0 Å². The van der Waals surface area contributed by atoms with Crippen LogP contribution in [0.25, 0.3) is 10.8 Å². The Balaban J connectivity index is 1.91. The minimum absolute atomic E-state index is 0.475. The van der Waals surface area contributed by atoms with Gasteiger partial charge in [0.25, 0.3) is 0 Å². The maximum Gasteiger partial charge on any atom is 0.379 e. The van der Waals surface area contributed by atoms with Gasteiger partial charge in [-0.25, -0.2) is 4.57 Å². The molecule has 0 aromatic heterocycles. The highest BCUT2D eigenvalue weighted by Gasteiger charge is 2.26. The van der Waals surface area contributed by atoms with Gasteiger partial charge in [-0.2, -0.15) is 0 Å².